The number of fused-ring (bicyclic) bond motifs is 1. The Morgan fingerprint density at radius 3 is 2.48 bits per heavy atom. The Bertz CT molecular complexity index is 699. The zero-order valence-electron chi connectivity index (χ0n) is 12.4. The molecular weight excluding hydrogens is 258 g/mol. The first-order chi connectivity index (χ1) is 10.1. The molecule has 0 aromatic heterocycles. The first-order valence-corrected chi connectivity index (χ1v) is 7.23. The number of allylic oxidation sites excluding steroid dienone is 1. The molecule has 0 spiro atoms. The lowest BCUT2D eigenvalue weighted by Crippen LogP contribution is -2.43. The molecule has 1 heterocycles. The quantitative estimate of drug-likeness (QED) is 0.667. The number of rotatable bonds is 2. The molecular formula is C19H19NO. The standard InChI is InChI=1S/C19H19NO/c1-19(2)13-15-10-6-7-11-16(15)17(20-19)12-18(21)14-8-4-3-5-9-14/h3-12,20H,13H2,1-2H3. The molecule has 0 saturated heterocycles. The van der Waals surface area contributed by atoms with Crippen LogP contribution in [0, 0.1) is 0 Å². The SMILES string of the molecule is CC1(C)Cc2ccccc2C(=CC(=O)c2ccccc2)N1. The van der Waals surface area contributed by atoms with Crippen molar-refractivity contribution in [1.29, 1.82) is 0 Å². The summed E-state index contributed by atoms with van der Waals surface area (Å²) in [5, 5.41) is 3.49. The van der Waals surface area contributed by atoms with Crippen molar-refractivity contribution in [2.45, 2.75) is 25.8 Å². The van der Waals surface area contributed by atoms with E-state index in [-0.39, 0.29) is 11.3 Å². The third-order valence-electron chi connectivity index (χ3n) is 3.75. The monoisotopic (exact) mass is 277 g/mol. The van der Waals surface area contributed by atoms with Gasteiger partial charge in [-0.25, -0.2) is 0 Å². The fourth-order valence-corrected chi connectivity index (χ4v) is 2.82. The van der Waals surface area contributed by atoms with Crippen molar-refractivity contribution >= 4 is 11.5 Å². The van der Waals surface area contributed by atoms with Crippen LogP contribution in [0.3, 0.4) is 0 Å². The number of benzene rings is 2. The Kier molecular flexibility index (Phi) is 3.38. The zero-order chi connectivity index (χ0) is 14.9. The van der Waals surface area contributed by atoms with E-state index in [2.05, 4.69) is 37.4 Å². The molecule has 21 heavy (non-hydrogen) atoms. The van der Waals surface area contributed by atoms with Gasteiger partial charge in [0, 0.05) is 28.4 Å². The van der Waals surface area contributed by atoms with E-state index in [1.807, 2.05) is 36.4 Å². The highest BCUT2D eigenvalue weighted by molar-refractivity contribution is 6.08. The summed E-state index contributed by atoms with van der Waals surface area (Å²) in [6, 6.07) is 17.7. The van der Waals surface area contributed by atoms with Gasteiger partial charge in [-0.15, -0.1) is 0 Å². The van der Waals surface area contributed by atoms with Gasteiger partial charge in [0.25, 0.3) is 0 Å². The minimum atomic E-state index is -0.0445. The summed E-state index contributed by atoms with van der Waals surface area (Å²) in [5.74, 6) is 0.0330. The smallest absolute Gasteiger partial charge is 0.187 e. The molecule has 2 nitrogen and oxygen atoms in total. The van der Waals surface area contributed by atoms with Crippen LogP contribution in [0.4, 0.5) is 0 Å². The highest BCUT2D eigenvalue weighted by Crippen LogP contribution is 2.29. The maximum absolute atomic E-state index is 12.4. The van der Waals surface area contributed by atoms with Crippen molar-refractivity contribution in [3.8, 4) is 0 Å². The third-order valence-corrected chi connectivity index (χ3v) is 3.75. The van der Waals surface area contributed by atoms with E-state index >= 15 is 0 Å². The molecule has 0 aliphatic carbocycles. The largest absolute Gasteiger partial charge is 0.379 e. The summed E-state index contributed by atoms with van der Waals surface area (Å²) in [7, 11) is 0. The van der Waals surface area contributed by atoms with Crippen molar-refractivity contribution in [3.05, 3.63) is 77.4 Å². The van der Waals surface area contributed by atoms with Crippen LogP contribution < -0.4 is 5.32 Å². The van der Waals surface area contributed by atoms with E-state index in [9.17, 15) is 4.79 Å². The van der Waals surface area contributed by atoms with E-state index in [4.69, 9.17) is 0 Å². The first kappa shape index (κ1) is 13.6. The highest BCUT2D eigenvalue weighted by Gasteiger charge is 2.27. The summed E-state index contributed by atoms with van der Waals surface area (Å²) >= 11 is 0. The summed E-state index contributed by atoms with van der Waals surface area (Å²) in [5.41, 5.74) is 4.00. The molecule has 0 bridgehead atoms. The van der Waals surface area contributed by atoms with E-state index < -0.39 is 0 Å². The van der Waals surface area contributed by atoms with Gasteiger partial charge in [0.15, 0.2) is 5.78 Å². The molecule has 1 aliphatic rings. The maximum Gasteiger partial charge on any atom is 0.187 e. The summed E-state index contributed by atoms with van der Waals surface area (Å²) in [4.78, 5) is 12.4. The topological polar surface area (TPSA) is 29.1 Å². The third kappa shape index (κ3) is 2.89. The lowest BCUT2D eigenvalue weighted by molar-refractivity contribution is 0.104. The number of hydrogen-bond donors (Lipinski definition) is 1. The second-order valence-corrected chi connectivity index (χ2v) is 6.13. The number of carbonyl (C=O) groups is 1. The number of nitrogens with one attached hydrogen (secondary N) is 1. The number of hydrogen-bond acceptors (Lipinski definition) is 2. The molecule has 2 aromatic carbocycles. The second kappa shape index (κ2) is 5.21. The molecule has 0 unspecified atom stereocenters. The van der Waals surface area contributed by atoms with Crippen molar-refractivity contribution < 1.29 is 4.79 Å². The van der Waals surface area contributed by atoms with Crippen LogP contribution in [0.2, 0.25) is 0 Å². The lowest BCUT2D eigenvalue weighted by Gasteiger charge is -2.35. The van der Waals surface area contributed by atoms with Gasteiger partial charge >= 0.3 is 0 Å². The van der Waals surface area contributed by atoms with Gasteiger partial charge in [-0.3, -0.25) is 4.79 Å². The maximum atomic E-state index is 12.4. The van der Waals surface area contributed by atoms with Crippen LogP contribution in [-0.2, 0) is 6.42 Å². The van der Waals surface area contributed by atoms with Crippen LogP contribution in [0.5, 0.6) is 0 Å². The van der Waals surface area contributed by atoms with Gasteiger partial charge in [0.05, 0.1) is 0 Å². The summed E-state index contributed by atoms with van der Waals surface area (Å²) < 4.78 is 0. The van der Waals surface area contributed by atoms with Crippen LogP contribution in [0.25, 0.3) is 5.70 Å². The first-order valence-electron chi connectivity index (χ1n) is 7.23. The summed E-state index contributed by atoms with van der Waals surface area (Å²) in [6.45, 7) is 4.31. The van der Waals surface area contributed by atoms with E-state index in [0.29, 0.717) is 5.56 Å². The van der Waals surface area contributed by atoms with Gasteiger partial charge < -0.3 is 5.32 Å². The summed E-state index contributed by atoms with van der Waals surface area (Å²) in [6.07, 6.45) is 2.68. The Hall–Kier alpha value is -2.35. The number of ketones is 1. The molecule has 0 radical (unpaired) electrons. The molecule has 0 saturated carbocycles. The van der Waals surface area contributed by atoms with Crippen LogP contribution in [-0.4, -0.2) is 11.3 Å². The van der Waals surface area contributed by atoms with Crippen molar-refractivity contribution in [1.82, 2.24) is 5.32 Å². The number of carbonyl (C=O) groups excluding carboxylic acids is 1. The highest BCUT2D eigenvalue weighted by atomic mass is 16.1. The van der Waals surface area contributed by atoms with Gasteiger partial charge in [0.1, 0.15) is 0 Å². The molecule has 2 heteroatoms. The van der Waals surface area contributed by atoms with E-state index in [1.54, 1.807) is 6.08 Å². The molecule has 106 valence electrons. The molecule has 1 N–H and O–H groups in total. The van der Waals surface area contributed by atoms with Crippen LogP contribution in [0.15, 0.2) is 60.7 Å². The van der Waals surface area contributed by atoms with Crippen molar-refractivity contribution in [2.75, 3.05) is 0 Å². The van der Waals surface area contributed by atoms with E-state index in [1.165, 1.54) is 5.56 Å². The second-order valence-electron chi connectivity index (χ2n) is 6.13. The molecule has 2 aromatic rings. The average Bonchev–Trinajstić information content (AvgIpc) is 2.47. The molecule has 3 rings (SSSR count). The minimum Gasteiger partial charge on any atom is -0.379 e. The van der Waals surface area contributed by atoms with Gasteiger partial charge in [0.2, 0.25) is 0 Å². The van der Waals surface area contributed by atoms with Crippen molar-refractivity contribution in [3.63, 3.8) is 0 Å². The van der Waals surface area contributed by atoms with Crippen LogP contribution in [0.1, 0.15) is 35.3 Å². The minimum absolute atomic E-state index is 0.0330. The van der Waals surface area contributed by atoms with Gasteiger partial charge in [-0.05, 0) is 25.8 Å². The Morgan fingerprint density at radius 1 is 1.05 bits per heavy atom. The predicted molar refractivity (Wildman–Crippen MR) is 86.1 cm³/mol. The van der Waals surface area contributed by atoms with Gasteiger partial charge in [-0.1, -0.05) is 54.6 Å². The Morgan fingerprint density at radius 2 is 1.71 bits per heavy atom. The molecule has 0 amide bonds. The van der Waals surface area contributed by atoms with Crippen LogP contribution >= 0.6 is 0 Å². The Labute approximate surface area is 125 Å². The Balaban J connectivity index is 2.01. The fourth-order valence-electron chi connectivity index (χ4n) is 2.82. The van der Waals surface area contributed by atoms with E-state index in [0.717, 1.165) is 17.7 Å². The fraction of sp³-hybridized carbons (Fsp3) is 0.211. The predicted octanol–water partition coefficient (Wildman–Crippen LogP) is 3.83. The normalized spacial score (nSPS) is 17.9. The van der Waals surface area contributed by atoms with Gasteiger partial charge in [-0.2, -0.15) is 0 Å². The van der Waals surface area contributed by atoms with Crippen molar-refractivity contribution in [2.24, 2.45) is 0 Å². The average molecular weight is 277 g/mol. The lowest BCUT2D eigenvalue weighted by atomic mass is 9.85. The molecule has 0 atom stereocenters. The zero-order valence-corrected chi connectivity index (χ0v) is 12.4. The molecule has 0 fully saturated rings. The molecule has 1 aliphatic heterocycles.